The summed E-state index contributed by atoms with van der Waals surface area (Å²) in [4.78, 5) is 0. The summed E-state index contributed by atoms with van der Waals surface area (Å²) in [5.74, 6) is 4.15. The van der Waals surface area contributed by atoms with Crippen molar-refractivity contribution in [3.63, 3.8) is 0 Å². The SMILES string of the molecule is C.CC1CCCCC(CC2CCCCC2C)CCCC1. The molecule has 0 amide bonds. The molecule has 2 rings (SSSR count). The van der Waals surface area contributed by atoms with Crippen molar-refractivity contribution in [2.75, 3.05) is 0 Å². The second kappa shape index (κ2) is 9.85. The largest absolute Gasteiger partial charge is 0.0776 e. The van der Waals surface area contributed by atoms with Gasteiger partial charge in [0.2, 0.25) is 0 Å². The van der Waals surface area contributed by atoms with Crippen molar-refractivity contribution < 1.29 is 0 Å². The van der Waals surface area contributed by atoms with Gasteiger partial charge in [0.15, 0.2) is 0 Å². The van der Waals surface area contributed by atoms with Crippen LogP contribution < -0.4 is 0 Å². The quantitative estimate of drug-likeness (QED) is 0.500. The van der Waals surface area contributed by atoms with Gasteiger partial charge >= 0.3 is 0 Å². The van der Waals surface area contributed by atoms with Gasteiger partial charge in [0.25, 0.3) is 0 Å². The molecule has 2 unspecified atom stereocenters. The van der Waals surface area contributed by atoms with Crippen LogP contribution in [-0.2, 0) is 0 Å². The average molecular weight is 281 g/mol. The van der Waals surface area contributed by atoms with Crippen LogP contribution in [0, 0.1) is 23.7 Å². The van der Waals surface area contributed by atoms with Crippen LogP contribution >= 0.6 is 0 Å². The number of rotatable bonds is 2. The molecule has 2 fully saturated rings. The van der Waals surface area contributed by atoms with Gasteiger partial charge in [0.05, 0.1) is 0 Å². The summed E-state index contributed by atoms with van der Waals surface area (Å²) < 4.78 is 0. The van der Waals surface area contributed by atoms with E-state index in [1.807, 2.05) is 0 Å². The van der Waals surface area contributed by atoms with Crippen molar-refractivity contribution in [1.82, 2.24) is 0 Å². The first kappa shape index (κ1) is 18.1. The number of hydrogen-bond acceptors (Lipinski definition) is 0. The van der Waals surface area contributed by atoms with Gasteiger partial charge in [-0.25, -0.2) is 0 Å². The Labute approximate surface area is 129 Å². The lowest BCUT2D eigenvalue weighted by Crippen LogP contribution is -2.20. The Kier molecular flexibility index (Phi) is 8.89. The summed E-state index contributed by atoms with van der Waals surface area (Å²) in [5.41, 5.74) is 0. The van der Waals surface area contributed by atoms with E-state index in [1.165, 1.54) is 77.0 Å². The standard InChI is InChI=1S/C19H36.CH4/c1-16-9-3-6-12-18(13-7-4-10-16)15-19-14-8-5-11-17(19)2;/h16-19H,3-15H2,1-2H3;1H4. The second-order valence-corrected chi connectivity index (χ2v) is 7.80. The van der Waals surface area contributed by atoms with E-state index in [0.717, 1.165) is 23.7 Å². The van der Waals surface area contributed by atoms with Gasteiger partial charge in [0.1, 0.15) is 0 Å². The molecule has 0 radical (unpaired) electrons. The molecule has 120 valence electrons. The van der Waals surface area contributed by atoms with Crippen LogP contribution in [0.15, 0.2) is 0 Å². The van der Waals surface area contributed by atoms with E-state index in [4.69, 9.17) is 0 Å². The first-order chi connectivity index (χ1) is 9.25. The molecular formula is C20H40. The zero-order valence-electron chi connectivity index (χ0n) is 13.5. The van der Waals surface area contributed by atoms with Crippen molar-refractivity contribution in [2.45, 2.75) is 105 Å². The Morgan fingerprint density at radius 3 is 1.75 bits per heavy atom. The van der Waals surface area contributed by atoms with E-state index in [0.29, 0.717) is 0 Å². The van der Waals surface area contributed by atoms with E-state index in [-0.39, 0.29) is 7.43 Å². The minimum atomic E-state index is 0. The summed E-state index contributed by atoms with van der Waals surface area (Å²) in [7, 11) is 0. The Bertz CT molecular complexity index is 220. The van der Waals surface area contributed by atoms with Crippen LogP contribution in [0.5, 0.6) is 0 Å². The van der Waals surface area contributed by atoms with Crippen molar-refractivity contribution >= 4 is 0 Å². The highest BCUT2D eigenvalue weighted by Gasteiger charge is 2.24. The molecule has 2 saturated carbocycles. The lowest BCUT2D eigenvalue weighted by atomic mass is 9.74. The van der Waals surface area contributed by atoms with Crippen molar-refractivity contribution in [3.8, 4) is 0 Å². The molecule has 20 heavy (non-hydrogen) atoms. The summed E-state index contributed by atoms with van der Waals surface area (Å²) in [5, 5.41) is 0. The van der Waals surface area contributed by atoms with Crippen molar-refractivity contribution in [2.24, 2.45) is 23.7 Å². The Morgan fingerprint density at radius 2 is 1.15 bits per heavy atom. The lowest BCUT2D eigenvalue weighted by Gasteiger charge is -2.32. The summed E-state index contributed by atoms with van der Waals surface area (Å²) in [6, 6.07) is 0. The first-order valence-corrected chi connectivity index (χ1v) is 9.25. The molecule has 0 saturated heterocycles. The summed E-state index contributed by atoms with van der Waals surface area (Å²) >= 11 is 0. The molecule has 0 aromatic rings. The zero-order valence-corrected chi connectivity index (χ0v) is 13.5. The van der Waals surface area contributed by atoms with Gasteiger partial charge in [-0.2, -0.15) is 0 Å². The molecule has 0 heterocycles. The highest BCUT2D eigenvalue weighted by Crippen LogP contribution is 2.37. The van der Waals surface area contributed by atoms with Crippen molar-refractivity contribution in [3.05, 3.63) is 0 Å². The van der Waals surface area contributed by atoms with Crippen LogP contribution in [0.1, 0.15) is 105 Å². The van der Waals surface area contributed by atoms with Gasteiger partial charge < -0.3 is 0 Å². The maximum absolute atomic E-state index is 2.52. The van der Waals surface area contributed by atoms with E-state index in [9.17, 15) is 0 Å². The molecule has 0 bridgehead atoms. The van der Waals surface area contributed by atoms with Crippen LogP contribution in [0.2, 0.25) is 0 Å². The normalized spacial score (nSPS) is 36.9. The topological polar surface area (TPSA) is 0 Å². The third kappa shape index (κ3) is 6.19. The Balaban J connectivity index is 0.00000200. The number of hydrogen-bond donors (Lipinski definition) is 0. The Hall–Kier alpha value is 0. The zero-order chi connectivity index (χ0) is 13.5. The van der Waals surface area contributed by atoms with Crippen LogP contribution in [-0.4, -0.2) is 0 Å². The summed E-state index contributed by atoms with van der Waals surface area (Å²) in [6.07, 6.45) is 19.7. The van der Waals surface area contributed by atoms with Gasteiger partial charge in [-0.15, -0.1) is 0 Å². The van der Waals surface area contributed by atoms with E-state index >= 15 is 0 Å². The predicted molar refractivity (Wildman–Crippen MR) is 92.1 cm³/mol. The highest BCUT2D eigenvalue weighted by atomic mass is 14.3. The molecule has 0 aromatic heterocycles. The van der Waals surface area contributed by atoms with Crippen molar-refractivity contribution in [1.29, 1.82) is 0 Å². The minimum absolute atomic E-state index is 0. The fourth-order valence-corrected chi connectivity index (χ4v) is 4.55. The third-order valence-corrected chi connectivity index (χ3v) is 6.04. The van der Waals surface area contributed by atoms with Gasteiger partial charge in [-0.3, -0.25) is 0 Å². The van der Waals surface area contributed by atoms with Gasteiger partial charge in [-0.05, 0) is 30.1 Å². The second-order valence-electron chi connectivity index (χ2n) is 7.80. The molecule has 2 atom stereocenters. The third-order valence-electron chi connectivity index (χ3n) is 6.04. The smallest absolute Gasteiger partial charge is 0.0386 e. The van der Waals surface area contributed by atoms with E-state index < -0.39 is 0 Å². The van der Waals surface area contributed by atoms with Gasteiger partial charge in [-0.1, -0.05) is 98.3 Å². The molecule has 2 aliphatic carbocycles. The fraction of sp³-hybridized carbons (Fsp3) is 1.00. The molecule has 2 aliphatic rings. The maximum Gasteiger partial charge on any atom is -0.0386 e. The monoisotopic (exact) mass is 280 g/mol. The van der Waals surface area contributed by atoms with E-state index in [1.54, 1.807) is 6.42 Å². The highest BCUT2D eigenvalue weighted by molar-refractivity contribution is 4.76. The van der Waals surface area contributed by atoms with Gasteiger partial charge in [0, 0.05) is 0 Å². The van der Waals surface area contributed by atoms with Crippen LogP contribution in [0.3, 0.4) is 0 Å². The molecule has 0 aliphatic heterocycles. The molecule has 0 nitrogen and oxygen atoms in total. The van der Waals surface area contributed by atoms with E-state index in [2.05, 4.69) is 13.8 Å². The lowest BCUT2D eigenvalue weighted by molar-refractivity contribution is 0.195. The average Bonchev–Trinajstić information content (AvgIpc) is 2.41. The summed E-state index contributed by atoms with van der Waals surface area (Å²) in [6.45, 7) is 4.98. The molecule has 0 spiro atoms. The Morgan fingerprint density at radius 1 is 0.650 bits per heavy atom. The maximum atomic E-state index is 2.52. The predicted octanol–water partition coefficient (Wildman–Crippen LogP) is 7.23. The molecular weight excluding hydrogens is 240 g/mol. The fourth-order valence-electron chi connectivity index (χ4n) is 4.55. The molecule has 0 N–H and O–H groups in total. The minimum Gasteiger partial charge on any atom is -0.0776 e. The first-order valence-electron chi connectivity index (χ1n) is 9.25. The molecule has 0 aromatic carbocycles. The van der Waals surface area contributed by atoms with Crippen LogP contribution in [0.4, 0.5) is 0 Å². The molecule has 0 heteroatoms. The van der Waals surface area contributed by atoms with Crippen LogP contribution in [0.25, 0.3) is 0 Å².